The smallest absolute Gasteiger partial charge is 0.0200 e. The summed E-state index contributed by atoms with van der Waals surface area (Å²) in [6.07, 6.45) is 6.72. The molecule has 0 radical (unpaired) electrons. The van der Waals surface area contributed by atoms with Gasteiger partial charge in [-0.15, -0.1) is 0 Å². The largest absolute Gasteiger partial charge is 0.0848 e. The standard InChI is InChI=1S/C8H12/c1-6-7-2-3-8(6)5-4-7/h2,6,8H,3-5H2,1H3. The van der Waals surface area contributed by atoms with Gasteiger partial charge in [0.1, 0.15) is 0 Å². The Morgan fingerprint density at radius 1 is 1.62 bits per heavy atom. The summed E-state index contributed by atoms with van der Waals surface area (Å²) < 4.78 is 0. The van der Waals surface area contributed by atoms with Gasteiger partial charge < -0.3 is 0 Å². The van der Waals surface area contributed by atoms with Crippen LogP contribution in [0.2, 0.25) is 0 Å². The summed E-state index contributed by atoms with van der Waals surface area (Å²) in [4.78, 5) is 0. The van der Waals surface area contributed by atoms with E-state index in [1.165, 1.54) is 19.3 Å². The van der Waals surface area contributed by atoms with Crippen LogP contribution < -0.4 is 0 Å². The van der Waals surface area contributed by atoms with Gasteiger partial charge in [-0.1, -0.05) is 18.6 Å². The number of fused-ring (bicyclic) bond motifs is 2. The number of hydrogen-bond donors (Lipinski definition) is 0. The van der Waals surface area contributed by atoms with Crippen LogP contribution in [0.15, 0.2) is 11.6 Å². The van der Waals surface area contributed by atoms with Crippen LogP contribution in [0.4, 0.5) is 0 Å². The molecule has 2 aliphatic rings. The van der Waals surface area contributed by atoms with Crippen LogP contribution in [0.5, 0.6) is 0 Å². The summed E-state index contributed by atoms with van der Waals surface area (Å²) in [5, 5.41) is 0. The summed E-state index contributed by atoms with van der Waals surface area (Å²) in [7, 11) is 0. The van der Waals surface area contributed by atoms with Crippen molar-refractivity contribution in [3.63, 3.8) is 0 Å². The van der Waals surface area contributed by atoms with Gasteiger partial charge in [0.2, 0.25) is 0 Å². The topological polar surface area (TPSA) is 0 Å². The Labute approximate surface area is 50.6 Å². The van der Waals surface area contributed by atoms with E-state index in [-0.39, 0.29) is 0 Å². The number of allylic oxidation sites excluding steroid dienone is 2. The predicted molar refractivity (Wildman–Crippen MR) is 34.6 cm³/mol. The normalized spacial score (nSPS) is 42.9. The van der Waals surface area contributed by atoms with Crippen LogP contribution in [-0.4, -0.2) is 0 Å². The van der Waals surface area contributed by atoms with E-state index < -0.39 is 0 Å². The maximum absolute atomic E-state index is 2.44. The summed E-state index contributed by atoms with van der Waals surface area (Å²) in [6.45, 7) is 2.37. The van der Waals surface area contributed by atoms with Gasteiger partial charge in [0.15, 0.2) is 0 Å². The van der Waals surface area contributed by atoms with E-state index in [0.717, 1.165) is 11.8 Å². The fraction of sp³-hybridized carbons (Fsp3) is 0.750. The van der Waals surface area contributed by atoms with Gasteiger partial charge in [-0.25, -0.2) is 0 Å². The first-order chi connectivity index (χ1) is 3.88. The van der Waals surface area contributed by atoms with Crippen molar-refractivity contribution in [1.82, 2.24) is 0 Å². The van der Waals surface area contributed by atoms with Crippen LogP contribution >= 0.6 is 0 Å². The first-order valence-electron chi connectivity index (χ1n) is 3.57. The minimum absolute atomic E-state index is 0.954. The zero-order chi connectivity index (χ0) is 5.56. The molecule has 0 aliphatic heterocycles. The highest BCUT2D eigenvalue weighted by Gasteiger charge is 2.31. The van der Waals surface area contributed by atoms with Crippen molar-refractivity contribution >= 4 is 0 Å². The lowest BCUT2D eigenvalue weighted by Gasteiger charge is -2.04. The van der Waals surface area contributed by atoms with Crippen LogP contribution in [-0.2, 0) is 0 Å². The van der Waals surface area contributed by atoms with E-state index in [1.807, 2.05) is 0 Å². The van der Waals surface area contributed by atoms with E-state index >= 15 is 0 Å². The zero-order valence-electron chi connectivity index (χ0n) is 5.35. The lowest BCUT2D eigenvalue weighted by Crippen LogP contribution is -1.96. The molecule has 2 unspecified atom stereocenters. The van der Waals surface area contributed by atoms with Crippen LogP contribution in [0.25, 0.3) is 0 Å². The Bertz CT molecular complexity index is 133. The molecule has 0 aromatic carbocycles. The molecule has 2 bridgehead atoms. The molecule has 0 nitrogen and oxygen atoms in total. The van der Waals surface area contributed by atoms with E-state index in [1.54, 1.807) is 5.57 Å². The van der Waals surface area contributed by atoms with Crippen LogP contribution in [0.1, 0.15) is 26.2 Å². The van der Waals surface area contributed by atoms with Gasteiger partial charge >= 0.3 is 0 Å². The third-order valence-corrected chi connectivity index (χ3v) is 2.78. The van der Waals surface area contributed by atoms with Gasteiger partial charge in [0.25, 0.3) is 0 Å². The Kier molecular flexibility index (Phi) is 0.787. The average molecular weight is 108 g/mol. The lowest BCUT2D eigenvalue weighted by molar-refractivity contribution is 0.477. The third-order valence-electron chi connectivity index (χ3n) is 2.78. The van der Waals surface area contributed by atoms with Gasteiger partial charge in [-0.05, 0) is 31.1 Å². The number of rotatable bonds is 0. The van der Waals surface area contributed by atoms with Crippen molar-refractivity contribution in [3.05, 3.63) is 11.6 Å². The van der Waals surface area contributed by atoms with E-state index in [4.69, 9.17) is 0 Å². The highest BCUT2D eigenvalue weighted by molar-refractivity contribution is 5.19. The van der Waals surface area contributed by atoms with E-state index in [0.29, 0.717) is 0 Å². The fourth-order valence-corrected chi connectivity index (χ4v) is 2.05. The molecule has 0 aromatic rings. The third kappa shape index (κ3) is 0.410. The molecule has 2 atom stereocenters. The Hall–Kier alpha value is -0.260. The Balaban J connectivity index is 2.31. The molecule has 2 rings (SSSR count). The minimum Gasteiger partial charge on any atom is -0.0848 e. The summed E-state index contributed by atoms with van der Waals surface area (Å²) >= 11 is 0. The highest BCUT2D eigenvalue weighted by Crippen LogP contribution is 2.44. The predicted octanol–water partition coefficient (Wildman–Crippen LogP) is 2.36. The molecule has 1 saturated carbocycles. The molecule has 0 heterocycles. The molecule has 1 fully saturated rings. The van der Waals surface area contributed by atoms with Crippen molar-refractivity contribution in [2.75, 3.05) is 0 Å². The summed E-state index contributed by atoms with van der Waals surface area (Å²) in [5.74, 6) is 2.00. The molecular formula is C8H12. The lowest BCUT2D eigenvalue weighted by atomic mass is 10.0. The van der Waals surface area contributed by atoms with Gasteiger partial charge in [-0.2, -0.15) is 0 Å². The molecule has 0 aromatic heterocycles. The van der Waals surface area contributed by atoms with Crippen LogP contribution in [0.3, 0.4) is 0 Å². The zero-order valence-corrected chi connectivity index (χ0v) is 5.35. The van der Waals surface area contributed by atoms with Gasteiger partial charge in [-0.3, -0.25) is 0 Å². The van der Waals surface area contributed by atoms with Gasteiger partial charge in [0.05, 0.1) is 0 Å². The SMILES string of the molecule is CC1C2=CCC1CC2. The molecule has 0 spiro atoms. The van der Waals surface area contributed by atoms with Crippen molar-refractivity contribution in [2.24, 2.45) is 11.8 Å². The monoisotopic (exact) mass is 108 g/mol. The van der Waals surface area contributed by atoms with Gasteiger partial charge in [0, 0.05) is 0 Å². The highest BCUT2D eigenvalue weighted by atomic mass is 14.4. The first-order valence-corrected chi connectivity index (χ1v) is 3.57. The molecule has 2 aliphatic carbocycles. The van der Waals surface area contributed by atoms with E-state index in [2.05, 4.69) is 13.0 Å². The molecule has 0 amide bonds. The fourth-order valence-electron chi connectivity index (χ4n) is 2.05. The second-order valence-corrected chi connectivity index (χ2v) is 3.10. The second kappa shape index (κ2) is 1.37. The summed E-state index contributed by atoms with van der Waals surface area (Å²) in [5.41, 5.74) is 1.75. The van der Waals surface area contributed by atoms with Crippen LogP contribution in [0, 0.1) is 11.8 Å². The minimum atomic E-state index is 0.954. The molecule has 0 N–H and O–H groups in total. The van der Waals surface area contributed by atoms with Crippen molar-refractivity contribution in [1.29, 1.82) is 0 Å². The average Bonchev–Trinajstić information content (AvgIpc) is 2.29. The van der Waals surface area contributed by atoms with E-state index in [9.17, 15) is 0 Å². The Morgan fingerprint density at radius 3 is 2.62 bits per heavy atom. The van der Waals surface area contributed by atoms with Crippen molar-refractivity contribution < 1.29 is 0 Å². The molecular weight excluding hydrogens is 96.1 g/mol. The van der Waals surface area contributed by atoms with Crippen molar-refractivity contribution in [3.8, 4) is 0 Å². The maximum Gasteiger partial charge on any atom is -0.0200 e. The number of hydrogen-bond acceptors (Lipinski definition) is 0. The molecule has 0 saturated heterocycles. The maximum atomic E-state index is 2.44. The first kappa shape index (κ1) is 4.60. The van der Waals surface area contributed by atoms with Crippen molar-refractivity contribution in [2.45, 2.75) is 26.2 Å². The molecule has 0 heteroatoms. The molecule has 8 heavy (non-hydrogen) atoms. The second-order valence-electron chi connectivity index (χ2n) is 3.10. The quantitative estimate of drug-likeness (QED) is 0.418. The Morgan fingerprint density at radius 2 is 2.50 bits per heavy atom. The summed E-state index contributed by atoms with van der Waals surface area (Å²) in [6, 6.07) is 0. The molecule has 44 valence electrons.